The Morgan fingerprint density at radius 1 is 1.40 bits per heavy atom. The Morgan fingerprint density at radius 3 is 2.87 bits per heavy atom. The van der Waals surface area contributed by atoms with Crippen molar-refractivity contribution >= 4 is 0 Å². The minimum Gasteiger partial charge on any atom is -0.377 e. The first kappa shape index (κ1) is 12.9. The summed E-state index contributed by atoms with van der Waals surface area (Å²) < 4.78 is 5.57. The number of ether oxygens (including phenoxy) is 1. The Morgan fingerprint density at radius 2 is 2.20 bits per heavy atom. The molecule has 3 nitrogen and oxygen atoms in total. The van der Waals surface area contributed by atoms with E-state index in [2.05, 4.69) is 24.1 Å². The molecule has 1 heterocycles. The lowest BCUT2D eigenvalue weighted by Gasteiger charge is -2.39. The zero-order chi connectivity index (χ0) is 11.1. The first-order chi connectivity index (χ1) is 7.20. The maximum Gasteiger partial charge on any atom is 0.0777 e. The maximum absolute atomic E-state index is 5.57. The fourth-order valence-corrected chi connectivity index (χ4v) is 2.20. The molecule has 0 saturated carbocycles. The first-order valence-electron chi connectivity index (χ1n) is 6.18. The van der Waals surface area contributed by atoms with E-state index in [0.717, 1.165) is 26.2 Å². The van der Waals surface area contributed by atoms with E-state index >= 15 is 0 Å². The third-order valence-electron chi connectivity index (χ3n) is 3.26. The molecule has 0 aliphatic carbocycles. The summed E-state index contributed by atoms with van der Waals surface area (Å²) >= 11 is 0. The zero-order valence-corrected chi connectivity index (χ0v) is 10.5. The van der Waals surface area contributed by atoms with Crippen molar-refractivity contribution in [2.45, 2.75) is 38.7 Å². The van der Waals surface area contributed by atoms with E-state index in [9.17, 15) is 0 Å². The Bertz CT molecular complexity index is 175. The molecule has 1 aliphatic rings. The third kappa shape index (κ3) is 4.49. The van der Waals surface area contributed by atoms with Gasteiger partial charge in [-0.3, -0.25) is 4.90 Å². The van der Waals surface area contributed by atoms with Crippen LogP contribution in [0.5, 0.6) is 0 Å². The molecule has 1 aliphatic heterocycles. The third-order valence-corrected chi connectivity index (χ3v) is 3.26. The van der Waals surface area contributed by atoms with E-state index in [4.69, 9.17) is 4.74 Å². The summed E-state index contributed by atoms with van der Waals surface area (Å²) in [4.78, 5) is 2.51. The van der Waals surface area contributed by atoms with E-state index in [0.29, 0.717) is 0 Å². The molecule has 0 amide bonds. The van der Waals surface area contributed by atoms with Gasteiger partial charge in [0.05, 0.1) is 5.60 Å². The predicted molar refractivity (Wildman–Crippen MR) is 64.2 cm³/mol. The zero-order valence-electron chi connectivity index (χ0n) is 10.5. The largest absolute Gasteiger partial charge is 0.377 e. The van der Waals surface area contributed by atoms with Crippen LogP contribution < -0.4 is 5.32 Å². The molecule has 1 atom stereocenters. The lowest BCUT2D eigenvalue weighted by molar-refractivity contribution is -0.0501. The number of methoxy groups -OCH3 is 1. The molecule has 90 valence electrons. The van der Waals surface area contributed by atoms with Crippen molar-refractivity contribution in [2.24, 2.45) is 0 Å². The molecule has 0 bridgehead atoms. The average molecular weight is 214 g/mol. The van der Waals surface area contributed by atoms with Crippen molar-refractivity contribution < 1.29 is 4.74 Å². The van der Waals surface area contributed by atoms with Gasteiger partial charge in [-0.25, -0.2) is 0 Å². The number of piperidine rings is 1. The van der Waals surface area contributed by atoms with Crippen LogP contribution in [0.2, 0.25) is 0 Å². The Hall–Kier alpha value is -0.120. The van der Waals surface area contributed by atoms with E-state index in [1.54, 1.807) is 0 Å². The fourth-order valence-electron chi connectivity index (χ4n) is 2.20. The summed E-state index contributed by atoms with van der Waals surface area (Å²) in [5, 5.41) is 3.45. The van der Waals surface area contributed by atoms with Crippen LogP contribution in [-0.2, 0) is 4.74 Å². The second-order valence-corrected chi connectivity index (χ2v) is 4.78. The number of likely N-dealkylation sites (tertiary alicyclic amines) is 1. The van der Waals surface area contributed by atoms with Crippen molar-refractivity contribution in [1.82, 2.24) is 10.2 Å². The predicted octanol–water partition coefficient (Wildman–Crippen LogP) is 1.49. The Balaban J connectivity index is 2.18. The number of hydrogen-bond donors (Lipinski definition) is 1. The summed E-state index contributed by atoms with van der Waals surface area (Å²) in [7, 11) is 1.83. The molecule has 0 aromatic carbocycles. The van der Waals surface area contributed by atoms with Gasteiger partial charge in [0.15, 0.2) is 0 Å². The van der Waals surface area contributed by atoms with Gasteiger partial charge in [0, 0.05) is 26.7 Å². The summed E-state index contributed by atoms with van der Waals surface area (Å²) in [5.41, 5.74) is 0.0863. The molecular weight excluding hydrogens is 188 g/mol. The summed E-state index contributed by atoms with van der Waals surface area (Å²) in [6.45, 7) is 10.1. The van der Waals surface area contributed by atoms with E-state index < -0.39 is 0 Å². The highest BCUT2D eigenvalue weighted by atomic mass is 16.5. The van der Waals surface area contributed by atoms with Gasteiger partial charge in [-0.1, -0.05) is 6.92 Å². The molecule has 1 fully saturated rings. The SMILES string of the molecule is CCCNCCN1CCCC(C)(OC)C1. The second-order valence-electron chi connectivity index (χ2n) is 4.78. The monoisotopic (exact) mass is 214 g/mol. The van der Waals surface area contributed by atoms with E-state index in [-0.39, 0.29) is 5.60 Å². The molecular formula is C12H26N2O. The lowest BCUT2D eigenvalue weighted by atomic mass is 9.95. The summed E-state index contributed by atoms with van der Waals surface area (Å²) in [6.07, 6.45) is 3.68. The minimum absolute atomic E-state index is 0.0863. The average Bonchev–Trinajstić information content (AvgIpc) is 2.25. The van der Waals surface area contributed by atoms with Gasteiger partial charge in [-0.2, -0.15) is 0 Å². The van der Waals surface area contributed by atoms with Crippen molar-refractivity contribution in [3.8, 4) is 0 Å². The van der Waals surface area contributed by atoms with Gasteiger partial charge < -0.3 is 10.1 Å². The topological polar surface area (TPSA) is 24.5 Å². The molecule has 1 rings (SSSR count). The molecule has 1 saturated heterocycles. The maximum atomic E-state index is 5.57. The van der Waals surface area contributed by atoms with Crippen molar-refractivity contribution in [3.05, 3.63) is 0 Å². The number of nitrogens with one attached hydrogen (secondary N) is 1. The molecule has 0 aromatic heterocycles. The smallest absolute Gasteiger partial charge is 0.0777 e. The van der Waals surface area contributed by atoms with Crippen LogP contribution in [0.25, 0.3) is 0 Å². The molecule has 1 N–H and O–H groups in total. The van der Waals surface area contributed by atoms with Crippen LogP contribution in [0.1, 0.15) is 33.1 Å². The van der Waals surface area contributed by atoms with Crippen molar-refractivity contribution in [1.29, 1.82) is 0 Å². The standard InChI is InChI=1S/C12H26N2O/c1-4-7-13-8-10-14-9-5-6-12(2,11-14)15-3/h13H,4-11H2,1-3H3. The second kappa shape index (κ2) is 6.46. The lowest BCUT2D eigenvalue weighted by Crippen LogP contribution is -2.49. The van der Waals surface area contributed by atoms with Crippen molar-refractivity contribution in [3.63, 3.8) is 0 Å². The number of hydrogen-bond acceptors (Lipinski definition) is 3. The van der Waals surface area contributed by atoms with Crippen molar-refractivity contribution in [2.75, 3.05) is 39.8 Å². The molecule has 3 heteroatoms. The van der Waals surface area contributed by atoms with Gasteiger partial charge in [0.2, 0.25) is 0 Å². The molecule has 1 unspecified atom stereocenters. The number of nitrogens with zero attached hydrogens (tertiary/aromatic N) is 1. The highest BCUT2D eigenvalue weighted by molar-refractivity contribution is 4.84. The van der Waals surface area contributed by atoms with Crippen LogP contribution in [-0.4, -0.2) is 50.3 Å². The molecule has 0 spiro atoms. The van der Waals surface area contributed by atoms with Crippen LogP contribution in [0.3, 0.4) is 0 Å². The Kier molecular flexibility index (Phi) is 5.58. The summed E-state index contributed by atoms with van der Waals surface area (Å²) in [6, 6.07) is 0. The van der Waals surface area contributed by atoms with Crippen LogP contribution in [0.4, 0.5) is 0 Å². The van der Waals surface area contributed by atoms with Crippen LogP contribution >= 0.6 is 0 Å². The highest BCUT2D eigenvalue weighted by Crippen LogP contribution is 2.23. The van der Waals surface area contributed by atoms with E-state index in [1.807, 2.05) is 7.11 Å². The number of rotatable bonds is 6. The normalized spacial score (nSPS) is 28.2. The van der Waals surface area contributed by atoms with Gasteiger partial charge in [-0.05, 0) is 39.3 Å². The fraction of sp³-hybridized carbons (Fsp3) is 1.00. The van der Waals surface area contributed by atoms with Gasteiger partial charge in [0.25, 0.3) is 0 Å². The minimum atomic E-state index is 0.0863. The molecule has 15 heavy (non-hydrogen) atoms. The first-order valence-corrected chi connectivity index (χ1v) is 6.18. The quantitative estimate of drug-likeness (QED) is 0.678. The van der Waals surface area contributed by atoms with Gasteiger partial charge in [-0.15, -0.1) is 0 Å². The van der Waals surface area contributed by atoms with Gasteiger partial charge in [0.1, 0.15) is 0 Å². The highest BCUT2D eigenvalue weighted by Gasteiger charge is 2.30. The van der Waals surface area contributed by atoms with Crippen LogP contribution in [0.15, 0.2) is 0 Å². The molecule has 0 radical (unpaired) electrons. The van der Waals surface area contributed by atoms with Gasteiger partial charge >= 0.3 is 0 Å². The summed E-state index contributed by atoms with van der Waals surface area (Å²) in [5.74, 6) is 0. The van der Waals surface area contributed by atoms with Crippen LogP contribution in [0, 0.1) is 0 Å². The Labute approximate surface area is 94.2 Å². The van der Waals surface area contributed by atoms with E-state index in [1.165, 1.54) is 25.8 Å². The molecule has 0 aromatic rings.